The smallest absolute Gasteiger partial charge is 0.0455 e. The van der Waals surface area contributed by atoms with Crippen molar-refractivity contribution in [2.24, 2.45) is 0 Å². The Morgan fingerprint density at radius 3 is 1.38 bits per heavy atom. The molecule has 0 bridgehead atoms. The quantitative estimate of drug-likeness (QED) is 0.164. The van der Waals surface area contributed by atoms with Gasteiger partial charge in [0.05, 0.1) is 0 Å². The van der Waals surface area contributed by atoms with Crippen molar-refractivity contribution in [1.29, 1.82) is 0 Å². The van der Waals surface area contributed by atoms with Crippen LogP contribution in [0.15, 0.2) is 170 Å². The van der Waals surface area contributed by atoms with Crippen LogP contribution in [0.25, 0.3) is 106 Å². The summed E-state index contributed by atoms with van der Waals surface area (Å²) >= 11 is 3.86. The van der Waals surface area contributed by atoms with Crippen molar-refractivity contribution >= 4 is 95.3 Å². The molecule has 0 unspecified atom stereocenters. The van der Waals surface area contributed by atoms with Crippen LogP contribution >= 0.6 is 22.7 Å². The molecule has 50 heavy (non-hydrogen) atoms. The topological polar surface area (TPSA) is 0 Å². The van der Waals surface area contributed by atoms with E-state index < -0.39 is 0 Å². The zero-order valence-corrected chi connectivity index (χ0v) is 28.6. The zero-order valence-electron chi connectivity index (χ0n) is 27.0. The Bertz CT molecular complexity index is 3070. The molecule has 0 aliphatic heterocycles. The molecule has 9 aromatic carbocycles. The standard InChI is InChI=1S/C48H28S2/c1-2-12-30(13-3-1)43-33-14-4-6-16-35(33)44(36-17-7-5-15-34(36)43)31-24-22-29(23-25-31)32-26-27-42-40(28-32)45-37-18-8-9-19-38(37)47-46(48(45)50-42)39-20-10-11-21-41(39)49-47/h1-28H. The van der Waals surface area contributed by atoms with Gasteiger partial charge in [-0.25, -0.2) is 0 Å². The molecule has 2 heterocycles. The first-order valence-corrected chi connectivity index (χ1v) is 18.7. The average molecular weight is 669 g/mol. The average Bonchev–Trinajstić information content (AvgIpc) is 3.76. The van der Waals surface area contributed by atoms with Crippen LogP contribution in [0.4, 0.5) is 0 Å². The van der Waals surface area contributed by atoms with Crippen LogP contribution < -0.4 is 0 Å². The normalized spacial score (nSPS) is 12.0. The summed E-state index contributed by atoms with van der Waals surface area (Å²) in [5.74, 6) is 0. The Labute approximate surface area is 297 Å². The van der Waals surface area contributed by atoms with E-state index in [0.29, 0.717) is 0 Å². The maximum Gasteiger partial charge on any atom is 0.0455 e. The van der Waals surface area contributed by atoms with E-state index >= 15 is 0 Å². The Morgan fingerprint density at radius 1 is 0.260 bits per heavy atom. The lowest BCUT2D eigenvalue weighted by molar-refractivity contribution is 1.63. The van der Waals surface area contributed by atoms with Crippen molar-refractivity contribution in [3.05, 3.63) is 170 Å². The highest BCUT2D eigenvalue weighted by atomic mass is 32.1. The van der Waals surface area contributed by atoms with Crippen LogP contribution in [0.1, 0.15) is 0 Å². The minimum atomic E-state index is 1.23. The van der Waals surface area contributed by atoms with Crippen LogP contribution in [0.3, 0.4) is 0 Å². The number of hydrogen-bond acceptors (Lipinski definition) is 2. The van der Waals surface area contributed by atoms with Gasteiger partial charge in [0, 0.05) is 45.7 Å². The van der Waals surface area contributed by atoms with Gasteiger partial charge in [-0.05, 0) is 78.5 Å². The van der Waals surface area contributed by atoms with Gasteiger partial charge >= 0.3 is 0 Å². The molecule has 0 atom stereocenters. The first kappa shape index (κ1) is 28.1. The summed E-state index contributed by atoms with van der Waals surface area (Å²) in [7, 11) is 0. The molecule has 0 nitrogen and oxygen atoms in total. The monoisotopic (exact) mass is 668 g/mol. The number of benzene rings is 9. The van der Waals surface area contributed by atoms with Crippen molar-refractivity contribution < 1.29 is 0 Å². The van der Waals surface area contributed by atoms with E-state index in [1.54, 1.807) is 0 Å². The second-order valence-electron chi connectivity index (χ2n) is 13.1. The SMILES string of the molecule is c1ccc(-c2c3ccccc3c(-c3ccc(-c4ccc5sc6c(c5c4)c4ccccc4c4sc5ccccc5c46)cc3)c3ccccc23)cc1. The Hall–Kier alpha value is -5.80. The van der Waals surface area contributed by atoms with Crippen molar-refractivity contribution in [2.75, 3.05) is 0 Å². The summed E-state index contributed by atoms with van der Waals surface area (Å²) in [6.07, 6.45) is 0. The Balaban J connectivity index is 1.10. The molecule has 0 spiro atoms. The second kappa shape index (κ2) is 10.9. The molecule has 0 aliphatic carbocycles. The van der Waals surface area contributed by atoms with E-state index in [-0.39, 0.29) is 0 Å². The Kier molecular flexibility index (Phi) is 6.09. The van der Waals surface area contributed by atoms with Crippen molar-refractivity contribution in [2.45, 2.75) is 0 Å². The van der Waals surface area contributed by atoms with Crippen molar-refractivity contribution in [3.8, 4) is 33.4 Å². The maximum absolute atomic E-state index is 2.43. The third-order valence-electron chi connectivity index (χ3n) is 10.5. The highest BCUT2D eigenvalue weighted by molar-refractivity contribution is 7.30. The third-order valence-corrected chi connectivity index (χ3v) is 12.8. The number of rotatable bonds is 3. The molecule has 232 valence electrons. The molecule has 0 amide bonds. The van der Waals surface area contributed by atoms with Crippen molar-refractivity contribution in [3.63, 3.8) is 0 Å². The minimum absolute atomic E-state index is 1.23. The predicted octanol–water partition coefficient (Wildman–Crippen LogP) is 14.9. The number of fused-ring (bicyclic) bond motifs is 12. The second-order valence-corrected chi connectivity index (χ2v) is 15.3. The third kappa shape index (κ3) is 4.04. The molecule has 0 saturated carbocycles. The van der Waals surface area contributed by atoms with Gasteiger partial charge in [0.2, 0.25) is 0 Å². The first-order valence-electron chi connectivity index (χ1n) is 17.1. The van der Waals surface area contributed by atoms with Crippen LogP contribution in [0.5, 0.6) is 0 Å². The molecule has 0 radical (unpaired) electrons. The minimum Gasteiger partial charge on any atom is -0.134 e. The van der Waals surface area contributed by atoms with E-state index in [2.05, 4.69) is 170 Å². The molecular weight excluding hydrogens is 641 g/mol. The van der Waals surface area contributed by atoms with Gasteiger partial charge in [0.25, 0.3) is 0 Å². The molecule has 11 rings (SSSR count). The van der Waals surface area contributed by atoms with E-state index in [1.807, 2.05) is 22.7 Å². The molecule has 0 fully saturated rings. The lowest BCUT2D eigenvalue weighted by atomic mass is 9.86. The fourth-order valence-corrected chi connectivity index (χ4v) is 10.8. The maximum atomic E-state index is 2.43. The van der Waals surface area contributed by atoms with Gasteiger partial charge in [0.1, 0.15) is 0 Å². The van der Waals surface area contributed by atoms with E-state index in [9.17, 15) is 0 Å². The van der Waals surface area contributed by atoms with E-state index in [4.69, 9.17) is 0 Å². The summed E-state index contributed by atoms with van der Waals surface area (Å²) < 4.78 is 5.49. The zero-order chi connectivity index (χ0) is 32.8. The molecule has 2 heteroatoms. The fourth-order valence-electron chi connectivity index (χ4n) is 8.26. The summed E-state index contributed by atoms with van der Waals surface area (Å²) in [6.45, 7) is 0. The number of hydrogen-bond donors (Lipinski definition) is 0. The first-order chi connectivity index (χ1) is 24.8. The number of thiophene rings is 2. The van der Waals surface area contributed by atoms with Gasteiger partial charge < -0.3 is 0 Å². The lowest BCUT2D eigenvalue weighted by Crippen LogP contribution is -1.90. The van der Waals surface area contributed by atoms with E-state index in [0.717, 1.165) is 0 Å². The van der Waals surface area contributed by atoms with E-state index in [1.165, 1.54) is 106 Å². The summed E-state index contributed by atoms with van der Waals surface area (Å²) in [6, 6.07) is 62.8. The van der Waals surface area contributed by atoms with Crippen LogP contribution in [0, 0.1) is 0 Å². The van der Waals surface area contributed by atoms with Crippen LogP contribution in [-0.2, 0) is 0 Å². The largest absolute Gasteiger partial charge is 0.134 e. The lowest BCUT2D eigenvalue weighted by Gasteiger charge is -2.18. The molecule has 11 aromatic rings. The highest BCUT2D eigenvalue weighted by Crippen LogP contribution is 2.50. The van der Waals surface area contributed by atoms with Gasteiger partial charge in [-0.2, -0.15) is 0 Å². The molecule has 0 aliphatic rings. The van der Waals surface area contributed by atoms with Crippen molar-refractivity contribution in [1.82, 2.24) is 0 Å². The van der Waals surface area contributed by atoms with Gasteiger partial charge in [-0.1, -0.05) is 152 Å². The molecular formula is C48H28S2. The summed E-state index contributed by atoms with van der Waals surface area (Å²) in [4.78, 5) is 0. The van der Waals surface area contributed by atoms with Crippen LogP contribution in [0.2, 0.25) is 0 Å². The molecule has 0 saturated heterocycles. The summed E-state index contributed by atoms with van der Waals surface area (Å²) in [5.41, 5.74) is 7.56. The molecule has 2 aromatic heterocycles. The van der Waals surface area contributed by atoms with Gasteiger partial charge in [-0.3, -0.25) is 0 Å². The van der Waals surface area contributed by atoms with Crippen LogP contribution in [-0.4, -0.2) is 0 Å². The highest BCUT2D eigenvalue weighted by Gasteiger charge is 2.19. The fraction of sp³-hybridized carbons (Fsp3) is 0. The summed E-state index contributed by atoms with van der Waals surface area (Å²) in [5, 5.41) is 13.3. The van der Waals surface area contributed by atoms with Gasteiger partial charge in [0.15, 0.2) is 0 Å². The van der Waals surface area contributed by atoms with Gasteiger partial charge in [-0.15, -0.1) is 22.7 Å². The molecule has 0 N–H and O–H groups in total. The Morgan fingerprint density at radius 2 is 0.720 bits per heavy atom. The predicted molar refractivity (Wildman–Crippen MR) is 221 cm³/mol.